The van der Waals surface area contributed by atoms with Crippen LogP contribution in [0.2, 0.25) is 0 Å². The number of hydrogen-bond donors (Lipinski definition) is 1. The van der Waals surface area contributed by atoms with E-state index in [9.17, 15) is 9.18 Å². The van der Waals surface area contributed by atoms with E-state index < -0.39 is 11.7 Å². The number of furan rings is 1. The van der Waals surface area contributed by atoms with Crippen LogP contribution in [0.1, 0.15) is 5.76 Å². The van der Waals surface area contributed by atoms with Crippen LogP contribution < -0.4 is 5.32 Å². The molecule has 1 amide bonds. The fourth-order valence-corrected chi connectivity index (χ4v) is 1.75. The Morgan fingerprint density at radius 2 is 2.06 bits per heavy atom. The zero-order valence-electron chi connectivity index (χ0n) is 9.19. The average Bonchev–Trinajstić information content (AvgIpc) is 2.76. The van der Waals surface area contributed by atoms with Crippen molar-refractivity contribution in [2.75, 3.05) is 5.32 Å². The van der Waals surface area contributed by atoms with Gasteiger partial charge in [-0.1, -0.05) is 12.1 Å². The van der Waals surface area contributed by atoms with Crippen LogP contribution in [-0.2, 0) is 4.79 Å². The largest absolute Gasteiger partial charge is 0.451 e. The summed E-state index contributed by atoms with van der Waals surface area (Å²) >= 11 is 2.03. The number of hydrogen-bond acceptors (Lipinski definition) is 2. The van der Waals surface area contributed by atoms with Crippen LogP contribution in [0.5, 0.6) is 0 Å². The molecule has 1 aromatic carbocycles. The van der Waals surface area contributed by atoms with Gasteiger partial charge < -0.3 is 9.73 Å². The third kappa shape index (κ3) is 3.43. The topological polar surface area (TPSA) is 42.2 Å². The van der Waals surface area contributed by atoms with Crippen LogP contribution in [0.15, 0.2) is 46.9 Å². The normalized spacial score (nSPS) is 10.8. The summed E-state index contributed by atoms with van der Waals surface area (Å²) in [4.78, 5) is 11.5. The first kappa shape index (κ1) is 12.8. The number of para-hydroxylation sites is 1. The molecule has 0 aliphatic rings. The molecular formula is C13H9FINO2. The molecule has 3 nitrogen and oxygen atoms in total. The van der Waals surface area contributed by atoms with Gasteiger partial charge in [-0.25, -0.2) is 4.39 Å². The molecule has 0 aliphatic heterocycles. The minimum atomic E-state index is -0.466. The highest BCUT2D eigenvalue weighted by Gasteiger charge is 2.03. The molecule has 0 bridgehead atoms. The molecular weight excluding hydrogens is 348 g/mol. The number of benzene rings is 1. The second-order valence-corrected chi connectivity index (χ2v) is 4.51. The summed E-state index contributed by atoms with van der Waals surface area (Å²) in [5, 5.41) is 2.44. The number of rotatable bonds is 3. The SMILES string of the molecule is O=C(C=Cc1ccc(I)o1)Nc1ccccc1F. The smallest absolute Gasteiger partial charge is 0.248 e. The molecule has 0 aliphatic carbocycles. The summed E-state index contributed by atoms with van der Waals surface area (Å²) < 4.78 is 19.2. The monoisotopic (exact) mass is 357 g/mol. The predicted molar refractivity (Wildman–Crippen MR) is 75.5 cm³/mol. The van der Waals surface area contributed by atoms with Gasteiger partial charge in [-0.3, -0.25) is 4.79 Å². The number of amides is 1. The Balaban J connectivity index is 2.01. The lowest BCUT2D eigenvalue weighted by atomic mass is 10.3. The lowest BCUT2D eigenvalue weighted by molar-refractivity contribution is -0.111. The van der Waals surface area contributed by atoms with Gasteiger partial charge >= 0.3 is 0 Å². The van der Waals surface area contributed by atoms with Crippen molar-refractivity contribution in [2.45, 2.75) is 0 Å². The number of carbonyl (C=O) groups is 1. The van der Waals surface area contributed by atoms with Crippen LogP contribution in [-0.4, -0.2) is 5.91 Å². The number of carbonyl (C=O) groups excluding carboxylic acids is 1. The molecule has 0 unspecified atom stereocenters. The molecule has 5 heteroatoms. The van der Waals surface area contributed by atoms with E-state index in [1.165, 1.54) is 24.3 Å². The average molecular weight is 357 g/mol. The molecule has 1 heterocycles. The van der Waals surface area contributed by atoms with Gasteiger partial charge in [-0.2, -0.15) is 0 Å². The first-order chi connectivity index (χ1) is 8.65. The summed E-state index contributed by atoms with van der Waals surface area (Å²) in [5.74, 6) is -0.304. The molecule has 1 aromatic heterocycles. The molecule has 0 spiro atoms. The van der Waals surface area contributed by atoms with Crippen molar-refractivity contribution >= 4 is 40.3 Å². The van der Waals surface area contributed by atoms with Crippen molar-refractivity contribution in [1.29, 1.82) is 0 Å². The standard InChI is InChI=1S/C13H9FINO2/c14-10-3-1-2-4-11(10)16-13(17)8-6-9-5-7-12(15)18-9/h1-8H,(H,16,17). The van der Waals surface area contributed by atoms with Gasteiger partial charge in [0.05, 0.1) is 5.69 Å². The van der Waals surface area contributed by atoms with Crippen molar-refractivity contribution < 1.29 is 13.6 Å². The van der Waals surface area contributed by atoms with Gasteiger partial charge in [-0.15, -0.1) is 0 Å². The van der Waals surface area contributed by atoms with Gasteiger partial charge in [0, 0.05) is 6.08 Å². The van der Waals surface area contributed by atoms with E-state index in [2.05, 4.69) is 5.32 Å². The molecule has 0 radical (unpaired) electrons. The number of halogens is 2. The fourth-order valence-electron chi connectivity index (χ4n) is 1.31. The highest BCUT2D eigenvalue weighted by atomic mass is 127. The third-order valence-electron chi connectivity index (χ3n) is 2.12. The van der Waals surface area contributed by atoms with E-state index in [0.29, 0.717) is 5.76 Å². The fraction of sp³-hybridized carbons (Fsp3) is 0. The zero-order valence-corrected chi connectivity index (χ0v) is 11.3. The second-order valence-electron chi connectivity index (χ2n) is 3.44. The van der Waals surface area contributed by atoms with Crippen molar-refractivity contribution in [3.8, 4) is 0 Å². The summed E-state index contributed by atoms with van der Waals surface area (Å²) in [6.07, 6.45) is 2.82. The minimum Gasteiger partial charge on any atom is -0.451 e. The number of anilines is 1. The Hall–Kier alpha value is -1.63. The molecule has 2 aromatic rings. The summed E-state index contributed by atoms with van der Waals surface area (Å²) in [6.45, 7) is 0. The molecule has 2 rings (SSSR count). The van der Waals surface area contributed by atoms with Crippen LogP contribution in [0.4, 0.5) is 10.1 Å². The molecule has 0 fully saturated rings. The maximum Gasteiger partial charge on any atom is 0.248 e. The highest BCUT2D eigenvalue weighted by Crippen LogP contribution is 2.13. The van der Waals surface area contributed by atoms with Crippen molar-refractivity contribution in [3.63, 3.8) is 0 Å². The molecule has 18 heavy (non-hydrogen) atoms. The van der Waals surface area contributed by atoms with Crippen molar-refractivity contribution in [1.82, 2.24) is 0 Å². The second kappa shape index (κ2) is 5.81. The van der Waals surface area contributed by atoms with Crippen LogP contribution in [0, 0.1) is 9.58 Å². The van der Waals surface area contributed by atoms with E-state index in [1.807, 2.05) is 22.6 Å². The summed E-state index contributed by atoms with van der Waals surface area (Å²) in [6, 6.07) is 9.53. The predicted octanol–water partition coefficient (Wildman–Crippen LogP) is 3.68. The first-order valence-electron chi connectivity index (χ1n) is 5.14. The molecule has 0 saturated carbocycles. The first-order valence-corrected chi connectivity index (χ1v) is 6.22. The molecule has 0 saturated heterocycles. The van der Waals surface area contributed by atoms with Gasteiger partial charge in [0.25, 0.3) is 0 Å². The van der Waals surface area contributed by atoms with Gasteiger partial charge in [-0.05, 0) is 52.9 Å². The van der Waals surface area contributed by atoms with Crippen LogP contribution in [0.3, 0.4) is 0 Å². The van der Waals surface area contributed by atoms with Crippen LogP contribution in [0.25, 0.3) is 6.08 Å². The minimum absolute atomic E-state index is 0.154. The van der Waals surface area contributed by atoms with E-state index in [0.717, 1.165) is 3.77 Å². The Morgan fingerprint density at radius 1 is 1.28 bits per heavy atom. The van der Waals surface area contributed by atoms with E-state index in [-0.39, 0.29) is 5.69 Å². The lowest BCUT2D eigenvalue weighted by Crippen LogP contribution is -2.08. The van der Waals surface area contributed by atoms with Crippen molar-refractivity contribution in [3.05, 3.63) is 57.8 Å². The van der Waals surface area contributed by atoms with Crippen molar-refractivity contribution in [2.24, 2.45) is 0 Å². The van der Waals surface area contributed by atoms with E-state index >= 15 is 0 Å². The van der Waals surface area contributed by atoms with Crippen LogP contribution >= 0.6 is 22.6 Å². The summed E-state index contributed by atoms with van der Waals surface area (Å²) in [7, 11) is 0. The van der Waals surface area contributed by atoms with Gasteiger partial charge in [0.15, 0.2) is 3.77 Å². The lowest BCUT2D eigenvalue weighted by Gasteiger charge is -2.02. The van der Waals surface area contributed by atoms with E-state index in [1.54, 1.807) is 24.3 Å². The maximum absolute atomic E-state index is 13.3. The highest BCUT2D eigenvalue weighted by molar-refractivity contribution is 14.1. The number of nitrogens with one attached hydrogen (secondary N) is 1. The van der Waals surface area contributed by atoms with Gasteiger partial charge in [0.1, 0.15) is 11.6 Å². The molecule has 0 atom stereocenters. The Labute approximate surface area is 117 Å². The Kier molecular flexibility index (Phi) is 4.14. The maximum atomic E-state index is 13.3. The van der Waals surface area contributed by atoms with Gasteiger partial charge in [0.2, 0.25) is 5.91 Å². The zero-order chi connectivity index (χ0) is 13.0. The van der Waals surface area contributed by atoms with E-state index in [4.69, 9.17) is 4.42 Å². The molecule has 1 N–H and O–H groups in total. The molecule has 92 valence electrons. The Bertz CT molecular complexity index is 592. The Morgan fingerprint density at radius 3 is 2.72 bits per heavy atom. The quantitative estimate of drug-likeness (QED) is 0.673. The summed E-state index contributed by atoms with van der Waals surface area (Å²) in [5.41, 5.74) is 0.154. The third-order valence-corrected chi connectivity index (χ3v) is 2.70.